The van der Waals surface area contributed by atoms with Crippen LogP contribution in [0.2, 0.25) is 0 Å². The Hall–Kier alpha value is -2.24. The van der Waals surface area contributed by atoms with E-state index >= 15 is 0 Å². The second-order valence-corrected chi connectivity index (χ2v) is 4.73. The van der Waals surface area contributed by atoms with E-state index in [0.717, 1.165) is 0 Å². The Labute approximate surface area is 117 Å². The quantitative estimate of drug-likeness (QED) is 0.790. The summed E-state index contributed by atoms with van der Waals surface area (Å²) in [6.45, 7) is 2.92. The highest BCUT2D eigenvalue weighted by molar-refractivity contribution is 6.04. The smallest absolute Gasteiger partial charge is 0.257 e. The Balaban J connectivity index is 2.19. The lowest BCUT2D eigenvalue weighted by Crippen LogP contribution is -2.40. The average Bonchev–Trinajstić information content (AvgIpc) is 2.71. The largest absolute Gasteiger partial charge is 0.493 e. The molecular weight excluding hydrogens is 258 g/mol. The number of hydrogen-bond donors (Lipinski definition) is 2. The molecule has 0 saturated carbocycles. The lowest BCUT2D eigenvalue weighted by atomic mass is 10.1. The van der Waals surface area contributed by atoms with E-state index in [9.17, 15) is 9.59 Å². The summed E-state index contributed by atoms with van der Waals surface area (Å²) < 4.78 is 5.42. The molecule has 1 aliphatic rings. The fourth-order valence-electron chi connectivity index (χ4n) is 2.25. The van der Waals surface area contributed by atoms with Gasteiger partial charge in [0.05, 0.1) is 6.61 Å². The number of nitrogens with zero attached hydrogens (tertiary/aromatic N) is 1. The van der Waals surface area contributed by atoms with Gasteiger partial charge in [0.2, 0.25) is 5.91 Å². The monoisotopic (exact) mass is 277 g/mol. The maximum absolute atomic E-state index is 12.3. The van der Waals surface area contributed by atoms with Crippen molar-refractivity contribution in [3.63, 3.8) is 0 Å². The topological polar surface area (TPSA) is 84.7 Å². The highest BCUT2D eigenvalue weighted by atomic mass is 16.5. The summed E-state index contributed by atoms with van der Waals surface area (Å²) in [5.74, 6) is -0.0187. The summed E-state index contributed by atoms with van der Waals surface area (Å²) >= 11 is 0. The zero-order valence-electron chi connectivity index (χ0n) is 11.7. The number of anilines is 1. The number of likely N-dealkylation sites (tertiary alicyclic amines) is 1. The van der Waals surface area contributed by atoms with Crippen LogP contribution in [0, 0.1) is 0 Å². The van der Waals surface area contributed by atoms with Crippen molar-refractivity contribution in [1.29, 1.82) is 0 Å². The van der Waals surface area contributed by atoms with Crippen molar-refractivity contribution in [2.75, 3.05) is 25.9 Å². The first-order valence-corrected chi connectivity index (χ1v) is 6.61. The Kier molecular flexibility index (Phi) is 4.12. The van der Waals surface area contributed by atoms with Crippen molar-refractivity contribution < 1.29 is 14.3 Å². The first-order chi connectivity index (χ1) is 9.54. The van der Waals surface area contributed by atoms with Gasteiger partial charge in [-0.25, -0.2) is 0 Å². The predicted octanol–water partition coefficient (Wildman–Crippen LogP) is 0.628. The van der Waals surface area contributed by atoms with Crippen LogP contribution in [0.4, 0.5) is 5.69 Å². The minimum atomic E-state index is -0.485. The second-order valence-electron chi connectivity index (χ2n) is 4.73. The lowest BCUT2D eigenvalue weighted by molar-refractivity contribution is -0.128. The third kappa shape index (κ3) is 2.68. The van der Waals surface area contributed by atoms with Gasteiger partial charge >= 0.3 is 0 Å². The number of nitrogens with one attached hydrogen (secondary N) is 1. The van der Waals surface area contributed by atoms with Crippen molar-refractivity contribution in [3.8, 4) is 5.75 Å². The predicted molar refractivity (Wildman–Crippen MR) is 75.5 cm³/mol. The van der Waals surface area contributed by atoms with Gasteiger partial charge in [-0.15, -0.1) is 0 Å². The fourth-order valence-corrected chi connectivity index (χ4v) is 2.25. The molecule has 0 aromatic heterocycles. The van der Waals surface area contributed by atoms with Gasteiger partial charge in [0.15, 0.2) is 0 Å². The Morgan fingerprint density at radius 2 is 2.30 bits per heavy atom. The summed E-state index contributed by atoms with van der Waals surface area (Å²) in [6.07, 6.45) is 0.609. The Bertz CT molecular complexity index is 530. The normalized spacial score (nSPS) is 18.2. The van der Waals surface area contributed by atoms with Crippen molar-refractivity contribution in [2.24, 2.45) is 0 Å². The molecule has 2 rings (SSSR count). The number of rotatable bonds is 4. The number of ether oxygens (including phenoxy) is 1. The summed E-state index contributed by atoms with van der Waals surface area (Å²) in [7, 11) is 1.72. The Morgan fingerprint density at radius 3 is 2.90 bits per heavy atom. The van der Waals surface area contributed by atoms with Gasteiger partial charge in [-0.2, -0.15) is 0 Å². The van der Waals surface area contributed by atoms with Crippen LogP contribution in [0.5, 0.6) is 5.75 Å². The molecule has 1 atom stereocenters. The summed E-state index contributed by atoms with van der Waals surface area (Å²) in [5.41, 5.74) is 6.48. The van der Waals surface area contributed by atoms with Crippen LogP contribution in [0.3, 0.4) is 0 Å². The number of hydrogen-bond acceptors (Lipinski definition) is 4. The number of benzene rings is 1. The number of amides is 2. The highest BCUT2D eigenvalue weighted by Crippen LogP contribution is 2.25. The number of carbonyl (C=O) groups is 2. The first-order valence-electron chi connectivity index (χ1n) is 6.61. The van der Waals surface area contributed by atoms with Gasteiger partial charge < -0.3 is 20.7 Å². The molecule has 20 heavy (non-hydrogen) atoms. The zero-order valence-corrected chi connectivity index (χ0v) is 11.7. The molecule has 1 aromatic rings. The van der Waals surface area contributed by atoms with Crippen molar-refractivity contribution in [2.45, 2.75) is 19.4 Å². The second kappa shape index (κ2) is 5.81. The van der Waals surface area contributed by atoms with E-state index in [1.54, 1.807) is 30.1 Å². The number of likely N-dealkylation sites (N-methyl/N-ethyl adjacent to an activating group) is 1. The third-order valence-corrected chi connectivity index (χ3v) is 3.32. The van der Waals surface area contributed by atoms with E-state index in [1.165, 1.54) is 0 Å². The van der Waals surface area contributed by atoms with Crippen LogP contribution >= 0.6 is 0 Å². The van der Waals surface area contributed by atoms with E-state index in [0.29, 0.717) is 31.0 Å². The molecule has 1 aliphatic heterocycles. The first kappa shape index (κ1) is 14.2. The third-order valence-electron chi connectivity index (χ3n) is 3.32. The maximum Gasteiger partial charge on any atom is 0.257 e. The minimum Gasteiger partial charge on any atom is -0.493 e. The number of carbonyl (C=O) groups excluding carboxylic acids is 2. The van der Waals surface area contributed by atoms with E-state index < -0.39 is 6.04 Å². The van der Waals surface area contributed by atoms with Crippen LogP contribution in [-0.4, -0.2) is 43.0 Å². The van der Waals surface area contributed by atoms with Crippen LogP contribution in [-0.2, 0) is 4.79 Å². The zero-order chi connectivity index (χ0) is 14.7. The van der Waals surface area contributed by atoms with Crippen LogP contribution in [0.25, 0.3) is 0 Å². The minimum absolute atomic E-state index is 0.0780. The highest BCUT2D eigenvalue weighted by Gasteiger charge is 2.31. The van der Waals surface area contributed by atoms with E-state index in [4.69, 9.17) is 10.5 Å². The number of nitrogens with two attached hydrogens (primary N) is 1. The van der Waals surface area contributed by atoms with E-state index in [1.807, 2.05) is 6.92 Å². The molecule has 1 fully saturated rings. The van der Waals surface area contributed by atoms with Gasteiger partial charge in [-0.05, 0) is 25.5 Å². The Morgan fingerprint density at radius 1 is 1.55 bits per heavy atom. The molecule has 0 radical (unpaired) electrons. The van der Waals surface area contributed by atoms with Gasteiger partial charge in [-0.1, -0.05) is 6.07 Å². The molecule has 1 heterocycles. The molecule has 108 valence electrons. The maximum atomic E-state index is 12.3. The summed E-state index contributed by atoms with van der Waals surface area (Å²) in [5, 5.41) is 2.72. The lowest BCUT2D eigenvalue weighted by Gasteiger charge is -2.15. The molecule has 6 heteroatoms. The summed E-state index contributed by atoms with van der Waals surface area (Å²) in [4.78, 5) is 25.7. The molecule has 1 aromatic carbocycles. The van der Waals surface area contributed by atoms with Crippen molar-refractivity contribution >= 4 is 17.5 Å². The van der Waals surface area contributed by atoms with Gasteiger partial charge in [0, 0.05) is 19.3 Å². The van der Waals surface area contributed by atoms with Crippen LogP contribution < -0.4 is 15.8 Å². The van der Waals surface area contributed by atoms with Gasteiger partial charge in [0.1, 0.15) is 17.4 Å². The molecule has 6 nitrogen and oxygen atoms in total. The van der Waals surface area contributed by atoms with E-state index in [-0.39, 0.29) is 17.4 Å². The molecule has 0 spiro atoms. The molecule has 0 bridgehead atoms. The van der Waals surface area contributed by atoms with Crippen LogP contribution in [0.15, 0.2) is 18.2 Å². The van der Waals surface area contributed by atoms with Gasteiger partial charge in [0.25, 0.3) is 5.91 Å². The SMILES string of the molecule is CCOc1cccc(N)c1C(=O)NC1CCN(C)C1=O. The van der Waals surface area contributed by atoms with Crippen LogP contribution in [0.1, 0.15) is 23.7 Å². The molecular formula is C14H19N3O3. The molecule has 0 aliphatic carbocycles. The summed E-state index contributed by atoms with van der Waals surface area (Å²) in [6, 6.07) is 4.57. The molecule has 2 amide bonds. The number of nitrogen functional groups attached to an aromatic ring is 1. The fraction of sp³-hybridized carbons (Fsp3) is 0.429. The molecule has 1 saturated heterocycles. The van der Waals surface area contributed by atoms with Gasteiger partial charge in [-0.3, -0.25) is 9.59 Å². The van der Waals surface area contributed by atoms with Crippen molar-refractivity contribution in [1.82, 2.24) is 10.2 Å². The molecule has 1 unspecified atom stereocenters. The average molecular weight is 277 g/mol. The molecule has 3 N–H and O–H groups in total. The standard InChI is InChI=1S/C14H19N3O3/c1-3-20-11-6-4-5-9(15)12(11)13(18)16-10-7-8-17(2)14(10)19/h4-6,10H,3,7-8,15H2,1-2H3,(H,16,18). The van der Waals surface area contributed by atoms with Crippen molar-refractivity contribution in [3.05, 3.63) is 23.8 Å². The van der Waals surface area contributed by atoms with E-state index in [2.05, 4.69) is 5.32 Å².